The van der Waals surface area contributed by atoms with Crippen molar-refractivity contribution in [1.82, 2.24) is 10.9 Å². The van der Waals surface area contributed by atoms with Crippen molar-refractivity contribution >= 4 is 0 Å². The van der Waals surface area contributed by atoms with Crippen LogP contribution in [0.25, 0.3) is 0 Å². The summed E-state index contributed by atoms with van der Waals surface area (Å²) in [6, 6.07) is 9.01. The van der Waals surface area contributed by atoms with Crippen molar-refractivity contribution in [2.75, 3.05) is 0 Å². The first-order valence-corrected chi connectivity index (χ1v) is 5.87. The highest BCUT2D eigenvalue weighted by Crippen LogP contribution is 2.35. The zero-order chi connectivity index (χ0) is 13.3. The van der Waals surface area contributed by atoms with Gasteiger partial charge in [0.25, 0.3) is 5.70 Å². The maximum atomic E-state index is 11.3. The maximum absolute atomic E-state index is 11.3. The van der Waals surface area contributed by atoms with Gasteiger partial charge in [0.2, 0.25) is 0 Å². The van der Waals surface area contributed by atoms with E-state index in [1.54, 1.807) is 0 Å². The number of hydrogen-bond donors (Lipinski definition) is 2. The van der Waals surface area contributed by atoms with Gasteiger partial charge in [-0.05, 0) is 5.56 Å². The second-order valence-corrected chi connectivity index (χ2v) is 5.38. The van der Waals surface area contributed by atoms with Crippen LogP contribution < -0.4 is 10.9 Å². The molecule has 5 heteroatoms. The maximum Gasteiger partial charge on any atom is 0.289 e. The first-order valence-electron chi connectivity index (χ1n) is 5.87. The second-order valence-electron chi connectivity index (χ2n) is 5.38. The Labute approximate surface area is 106 Å². The quantitative estimate of drug-likeness (QED) is 0.622. The molecule has 0 bridgehead atoms. The summed E-state index contributed by atoms with van der Waals surface area (Å²) < 4.78 is 0. The summed E-state index contributed by atoms with van der Waals surface area (Å²) in [6.07, 6.45) is 0. The average Bonchev–Trinajstić information content (AvgIpc) is 2.74. The van der Waals surface area contributed by atoms with Gasteiger partial charge >= 0.3 is 0 Å². The van der Waals surface area contributed by atoms with Gasteiger partial charge in [0.15, 0.2) is 0 Å². The van der Waals surface area contributed by atoms with Gasteiger partial charge in [-0.1, -0.05) is 51.1 Å². The zero-order valence-electron chi connectivity index (χ0n) is 10.7. The molecule has 1 atom stereocenters. The Balaban J connectivity index is 2.47. The van der Waals surface area contributed by atoms with Crippen LogP contribution in [0.3, 0.4) is 0 Å². The van der Waals surface area contributed by atoms with Gasteiger partial charge in [-0.2, -0.15) is 0 Å². The molecule has 1 aliphatic heterocycles. The molecule has 0 radical (unpaired) electrons. The van der Waals surface area contributed by atoms with E-state index in [-0.39, 0.29) is 16.0 Å². The molecule has 1 aromatic rings. The van der Waals surface area contributed by atoms with E-state index in [0.29, 0.717) is 5.70 Å². The topological polar surface area (TPSA) is 67.2 Å². The molecule has 1 unspecified atom stereocenters. The van der Waals surface area contributed by atoms with Gasteiger partial charge < -0.3 is 5.43 Å². The fourth-order valence-electron chi connectivity index (χ4n) is 2.08. The summed E-state index contributed by atoms with van der Waals surface area (Å²) >= 11 is 0. The van der Waals surface area contributed by atoms with E-state index >= 15 is 0 Å². The fourth-order valence-corrected chi connectivity index (χ4v) is 2.08. The van der Waals surface area contributed by atoms with Crippen LogP contribution in [-0.2, 0) is 0 Å². The van der Waals surface area contributed by atoms with Gasteiger partial charge in [0.1, 0.15) is 11.7 Å². The molecule has 96 valence electrons. The molecule has 1 aliphatic rings. The van der Waals surface area contributed by atoms with Crippen molar-refractivity contribution in [2.45, 2.75) is 26.8 Å². The number of nitro groups is 1. The lowest BCUT2D eigenvalue weighted by atomic mass is 9.89. The number of rotatable bonds is 2. The van der Waals surface area contributed by atoms with Crippen LogP contribution in [0.4, 0.5) is 0 Å². The molecule has 0 amide bonds. The number of benzene rings is 1. The number of nitrogens with one attached hydrogen (secondary N) is 2. The average molecular weight is 247 g/mol. The smallest absolute Gasteiger partial charge is 0.289 e. The Kier molecular flexibility index (Phi) is 3.09. The molecule has 0 saturated heterocycles. The Bertz CT molecular complexity index is 489. The van der Waals surface area contributed by atoms with Gasteiger partial charge in [0, 0.05) is 5.41 Å². The van der Waals surface area contributed by atoms with Gasteiger partial charge in [0.05, 0.1) is 4.92 Å². The van der Waals surface area contributed by atoms with Crippen LogP contribution in [0.5, 0.6) is 0 Å². The minimum absolute atomic E-state index is 0.203. The third-order valence-electron chi connectivity index (χ3n) is 2.95. The largest absolute Gasteiger partial charge is 0.318 e. The minimum atomic E-state index is -0.407. The third kappa shape index (κ3) is 2.22. The summed E-state index contributed by atoms with van der Waals surface area (Å²) in [5.41, 5.74) is 7.39. The molecule has 5 nitrogen and oxygen atoms in total. The highest BCUT2D eigenvalue weighted by Gasteiger charge is 2.40. The molecular weight excluding hydrogens is 230 g/mol. The van der Waals surface area contributed by atoms with Gasteiger partial charge in [-0.15, -0.1) is 0 Å². The molecule has 0 fully saturated rings. The van der Waals surface area contributed by atoms with Crippen LogP contribution in [-0.4, -0.2) is 4.92 Å². The molecule has 18 heavy (non-hydrogen) atoms. The molecule has 2 N–H and O–H groups in total. The van der Waals surface area contributed by atoms with E-state index in [1.165, 1.54) is 0 Å². The Morgan fingerprint density at radius 3 is 2.33 bits per heavy atom. The molecular formula is C13H17N3O2. The monoisotopic (exact) mass is 247 g/mol. The zero-order valence-corrected chi connectivity index (χ0v) is 10.7. The predicted molar refractivity (Wildman–Crippen MR) is 68.9 cm³/mol. The minimum Gasteiger partial charge on any atom is -0.318 e. The lowest BCUT2D eigenvalue weighted by molar-refractivity contribution is -0.431. The van der Waals surface area contributed by atoms with Crippen LogP contribution >= 0.6 is 0 Å². The first-order chi connectivity index (χ1) is 8.41. The van der Waals surface area contributed by atoms with Crippen LogP contribution in [0.2, 0.25) is 0 Å². The molecule has 2 rings (SSSR count). The summed E-state index contributed by atoms with van der Waals surface area (Å²) in [6.45, 7) is 5.86. The third-order valence-corrected chi connectivity index (χ3v) is 2.95. The number of allylic oxidation sites excluding steroid dienone is 1. The van der Waals surface area contributed by atoms with E-state index in [0.717, 1.165) is 5.56 Å². The highest BCUT2D eigenvalue weighted by atomic mass is 16.6. The summed E-state index contributed by atoms with van der Waals surface area (Å²) in [5, 5.41) is 11.3. The van der Waals surface area contributed by atoms with Gasteiger partial charge in [-0.25, -0.2) is 5.43 Å². The molecule has 0 aromatic heterocycles. The normalized spacial score (nSPS) is 19.8. The summed E-state index contributed by atoms with van der Waals surface area (Å²) in [7, 11) is 0. The van der Waals surface area contributed by atoms with Crippen molar-refractivity contribution in [1.29, 1.82) is 0 Å². The highest BCUT2D eigenvalue weighted by molar-refractivity contribution is 5.32. The Morgan fingerprint density at radius 1 is 1.22 bits per heavy atom. The number of hydrogen-bond acceptors (Lipinski definition) is 4. The van der Waals surface area contributed by atoms with Crippen molar-refractivity contribution in [3.63, 3.8) is 0 Å². The van der Waals surface area contributed by atoms with E-state index in [4.69, 9.17) is 0 Å². The molecule has 1 aromatic carbocycles. The van der Waals surface area contributed by atoms with Gasteiger partial charge in [-0.3, -0.25) is 10.1 Å². The lowest BCUT2D eigenvalue weighted by Gasteiger charge is -2.18. The van der Waals surface area contributed by atoms with Crippen LogP contribution in [0.15, 0.2) is 41.7 Å². The van der Waals surface area contributed by atoms with Crippen LogP contribution in [0.1, 0.15) is 32.4 Å². The van der Waals surface area contributed by atoms with E-state index in [2.05, 4.69) is 10.9 Å². The summed E-state index contributed by atoms with van der Waals surface area (Å²) in [5.74, 6) is 0. The number of nitrogens with zero attached hydrogens (tertiary/aromatic N) is 1. The Morgan fingerprint density at radius 2 is 1.83 bits per heavy atom. The fraction of sp³-hybridized carbons (Fsp3) is 0.385. The van der Waals surface area contributed by atoms with Crippen molar-refractivity contribution < 1.29 is 4.92 Å². The molecule has 1 heterocycles. The second kappa shape index (κ2) is 4.42. The van der Waals surface area contributed by atoms with Crippen LogP contribution in [0, 0.1) is 15.5 Å². The molecule has 0 spiro atoms. The van der Waals surface area contributed by atoms with Crippen molar-refractivity contribution in [3.8, 4) is 0 Å². The van der Waals surface area contributed by atoms with E-state index in [9.17, 15) is 10.1 Å². The Hall–Kier alpha value is -1.88. The van der Waals surface area contributed by atoms with Crippen molar-refractivity contribution in [3.05, 3.63) is 57.4 Å². The first kappa shape index (κ1) is 12.6. The van der Waals surface area contributed by atoms with E-state index in [1.807, 2.05) is 51.1 Å². The number of hydrazine groups is 1. The molecule has 0 saturated carbocycles. The molecule has 0 aliphatic carbocycles. The SMILES string of the molecule is CC(C)(C)C1=C([N+](=O)[O-])C(c2ccccc2)NN1. The standard InChI is InChI=1S/C13H17N3O2/c1-13(2,3)12-11(16(17)18)10(14-15-12)9-7-5-4-6-8-9/h4-8,10,14-15H,1-3H3. The predicted octanol–water partition coefficient (Wildman–Crippen LogP) is 2.37. The lowest BCUT2D eigenvalue weighted by Crippen LogP contribution is -2.30. The van der Waals surface area contributed by atoms with Crippen molar-refractivity contribution in [2.24, 2.45) is 5.41 Å². The summed E-state index contributed by atoms with van der Waals surface area (Å²) in [4.78, 5) is 11.0. The van der Waals surface area contributed by atoms with E-state index < -0.39 is 6.04 Å².